The Morgan fingerprint density at radius 2 is 1.66 bits per heavy atom. The first-order valence-corrected chi connectivity index (χ1v) is 14.9. The molecule has 13 heteroatoms. The molecule has 0 saturated carbocycles. The van der Waals surface area contributed by atoms with Crippen molar-refractivity contribution >= 4 is 38.7 Å². The Labute approximate surface area is 237 Å². The van der Waals surface area contributed by atoms with Gasteiger partial charge in [-0.2, -0.15) is 8.78 Å². The fourth-order valence-electron chi connectivity index (χ4n) is 4.93. The van der Waals surface area contributed by atoms with E-state index in [9.17, 15) is 35.9 Å². The topological polar surface area (TPSA) is 102 Å². The van der Waals surface area contributed by atoms with Crippen LogP contribution in [0.4, 0.5) is 40.3 Å². The third-order valence-corrected chi connectivity index (χ3v) is 9.17. The number of hydrogen-bond donors (Lipinski definition) is 3. The van der Waals surface area contributed by atoms with Gasteiger partial charge < -0.3 is 20.2 Å². The van der Waals surface area contributed by atoms with Gasteiger partial charge in [-0.05, 0) is 74.2 Å². The minimum absolute atomic E-state index is 0.0450. The van der Waals surface area contributed by atoms with Crippen LogP contribution in [-0.4, -0.2) is 63.4 Å². The maximum Gasteiger partial charge on any atom is 0.269 e. The number of sulfonamides is 1. The van der Waals surface area contributed by atoms with Crippen molar-refractivity contribution in [2.45, 2.75) is 50.7 Å². The normalized spacial score (nSPS) is 18.2. The predicted molar refractivity (Wildman–Crippen MR) is 152 cm³/mol. The highest BCUT2D eigenvalue weighted by molar-refractivity contribution is 7.93. The molecule has 2 aliphatic rings. The molecule has 8 nitrogen and oxygen atoms in total. The number of piperidine rings is 2. The Morgan fingerprint density at radius 1 is 1.00 bits per heavy atom. The molecule has 0 aromatic heterocycles. The Kier molecular flexibility index (Phi) is 9.17. The average Bonchev–Trinajstić information content (AvgIpc) is 2.92. The standard InChI is InChI=1S/C28H34F4N4O4S/c1-18-13-22(15-23(14-18)35-11-7-28(31,32)8-12-35)33-27(38)24-4-3-21(34-41(39,40)19(2)17-37)16-25(24)36-9-5-20(6-10-36)26(29)30/h3-4,13-16,19,34,37H,5-12,17H2,1-2H3,(H,33,38)/t19-/m1/s1. The Hall–Kier alpha value is -3.32. The summed E-state index contributed by atoms with van der Waals surface area (Å²) in [7, 11) is -3.92. The summed E-state index contributed by atoms with van der Waals surface area (Å²) < 4.78 is 81.1. The van der Waals surface area contributed by atoms with Gasteiger partial charge >= 0.3 is 0 Å². The zero-order valence-corrected chi connectivity index (χ0v) is 23.7. The molecule has 0 radical (unpaired) electrons. The molecule has 1 amide bonds. The van der Waals surface area contributed by atoms with E-state index < -0.39 is 39.8 Å². The maximum absolute atomic E-state index is 13.7. The van der Waals surface area contributed by atoms with Gasteiger partial charge in [-0.1, -0.05) is 0 Å². The van der Waals surface area contributed by atoms with Crippen LogP contribution in [0.25, 0.3) is 0 Å². The van der Waals surface area contributed by atoms with Crippen molar-refractivity contribution < 1.29 is 35.9 Å². The van der Waals surface area contributed by atoms with Crippen LogP contribution < -0.4 is 19.8 Å². The molecule has 4 rings (SSSR count). The van der Waals surface area contributed by atoms with Crippen LogP contribution in [0.1, 0.15) is 48.5 Å². The molecular weight excluding hydrogens is 564 g/mol. The summed E-state index contributed by atoms with van der Waals surface area (Å²) in [6.07, 6.45) is -2.03. The molecule has 0 bridgehead atoms. The van der Waals surface area contributed by atoms with Gasteiger partial charge in [0.05, 0.1) is 23.5 Å². The van der Waals surface area contributed by atoms with E-state index in [-0.39, 0.29) is 68.7 Å². The molecule has 1 atom stereocenters. The third kappa shape index (κ3) is 7.50. The highest BCUT2D eigenvalue weighted by atomic mass is 32.2. The van der Waals surface area contributed by atoms with E-state index in [1.165, 1.54) is 25.1 Å². The smallest absolute Gasteiger partial charge is 0.269 e. The predicted octanol–water partition coefficient (Wildman–Crippen LogP) is 5.36. The summed E-state index contributed by atoms with van der Waals surface area (Å²) >= 11 is 0. The average molecular weight is 599 g/mol. The van der Waals surface area contributed by atoms with Gasteiger partial charge in [0.15, 0.2) is 0 Å². The van der Waals surface area contributed by atoms with Crippen molar-refractivity contribution in [1.82, 2.24) is 0 Å². The lowest BCUT2D eigenvalue weighted by Crippen LogP contribution is -2.39. The molecule has 224 valence electrons. The van der Waals surface area contributed by atoms with E-state index in [1.807, 2.05) is 17.9 Å². The second-order valence-electron chi connectivity index (χ2n) is 10.6. The number of rotatable bonds is 8. The van der Waals surface area contributed by atoms with E-state index in [2.05, 4.69) is 10.0 Å². The summed E-state index contributed by atoms with van der Waals surface area (Å²) in [5.41, 5.74) is 2.77. The molecule has 0 unspecified atom stereocenters. The number of halogens is 4. The lowest BCUT2D eigenvalue weighted by molar-refractivity contribution is -0.0220. The highest BCUT2D eigenvalue weighted by Gasteiger charge is 2.34. The fourth-order valence-corrected chi connectivity index (χ4v) is 5.78. The molecule has 2 fully saturated rings. The summed E-state index contributed by atoms with van der Waals surface area (Å²) in [6.45, 7) is 3.36. The van der Waals surface area contributed by atoms with E-state index >= 15 is 0 Å². The number of aliphatic hydroxyl groups excluding tert-OH is 1. The lowest BCUT2D eigenvalue weighted by Gasteiger charge is -2.34. The van der Waals surface area contributed by atoms with Gasteiger partial charge in [-0.15, -0.1) is 0 Å². The van der Waals surface area contributed by atoms with Crippen molar-refractivity contribution in [2.24, 2.45) is 0 Å². The van der Waals surface area contributed by atoms with Gasteiger partial charge in [-0.3, -0.25) is 9.52 Å². The Bertz CT molecular complexity index is 1410. The Balaban J connectivity index is 1.62. The Morgan fingerprint density at radius 3 is 2.27 bits per heavy atom. The summed E-state index contributed by atoms with van der Waals surface area (Å²) in [5, 5.41) is 11.1. The quantitative estimate of drug-likeness (QED) is 0.354. The van der Waals surface area contributed by atoms with Crippen LogP contribution in [0.5, 0.6) is 0 Å². The number of alkyl halides is 2. The number of carbonyl (C=O) groups is 1. The summed E-state index contributed by atoms with van der Waals surface area (Å²) in [4.78, 5) is 17.1. The van der Waals surface area contributed by atoms with Crippen molar-refractivity contribution in [3.05, 3.63) is 59.2 Å². The van der Waals surface area contributed by atoms with E-state index in [0.29, 0.717) is 17.1 Å². The van der Waals surface area contributed by atoms with Gasteiger partial charge in [0, 0.05) is 50.4 Å². The molecule has 0 spiro atoms. The second-order valence-corrected chi connectivity index (χ2v) is 12.7. The molecule has 2 aromatic carbocycles. The van der Waals surface area contributed by atoms with Gasteiger partial charge in [0.2, 0.25) is 10.0 Å². The monoisotopic (exact) mass is 598 g/mol. The fraction of sp³-hybridized carbons (Fsp3) is 0.464. The third-order valence-electron chi connectivity index (χ3n) is 7.44. The van der Waals surface area contributed by atoms with Crippen LogP contribution in [0, 0.1) is 6.92 Å². The number of aliphatic hydroxyl groups is 1. The first-order chi connectivity index (χ1) is 19.3. The van der Waals surface area contributed by atoms with E-state index in [1.54, 1.807) is 17.0 Å². The first-order valence-electron chi connectivity index (χ1n) is 13.4. The van der Waals surface area contributed by atoms with Crippen molar-refractivity contribution in [1.29, 1.82) is 0 Å². The number of anilines is 4. The number of benzene rings is 2. The number of nitrogens with zero attached hydrogens (tertiary/aromatic N) is 2. The number of amides is 1. The molecule has 0 aliphatic carbocycles. The van der Waals surface area contributed by atoms with Crippen LogP contribution >= 0.6 is 0 Å². The second kappa shape index (κ2) is 12.3. The van der Waals surface area contributed by atoms with E-state index in [4.69, 9.17) is 0 Å². The SMILES string of the molecule is Cc1cc(NC(=O)c2ccc(NS(=O)(=O)[C@H](C)CO)cc2N2CCC(=C(F)F)CC2)cc(N2CCC(F)(F)CC2)c1. The molecule has 2 heterocycles. The van der Waals surface area contributed by atoms with Gasteiger partial charge in [-0.25, -0.2) is 17.2 Å². The molecule has 2 aromatic rings. The van der Waals surface area contributed by atoms with Crippen LogP contribution in [0.3, 0.4) is 0 Å². The van der Waals surface area contributed by atoms with Gasteiger partial charge in [0.25, 0.3) is 17.9 Å². The summed E-state index contributed by atoms with van der Waals surface area (Å²) in [6, 6.07) is 9.69. The van der Waals surface area contributed by atoms with Crippen molar-refractivity contribution in [2.75, 3.05) is 52.6 Å². The first kappa shape index (κ1) is 30.6. The number of carbonyl (C=O) groups excluding carboxylic acids is 1. The molecule has 41 heavy (non-hydrogen) atoms. The zero-order chi connectivity index (χ0) is 29.9. The number of aryl methyl sites for hydroxylation is 1. The molecule has 3 N–H and O–H groups in total. The van der Waals surface area contributed by atoms with Crippen LogP contribution in [0.2, 0.25) is 0 Å². The van der Waals surface area contributed by atoms with E-state index in [0.717, 1.165) is 5.56 Å². The van der Waals surface area contributed by atoms with Crippen molar-refractivity contribution in [3.63, 3.8) is 0 Å². The lowest BCUT2D eigenvalue weighted by atomic mass is 10.0. The van der Waals surface area contributed by atoms with Crippen molar-refractivity contribution in [3.8, 4) is 0 Å². The van der Waals surface area contributed by atoms with Crippen LogP contribution in [-0.2, 0) is 10.0 Å². The minimum atomic E-state index is -3.92. The zero-order valence-electron chi connectivity index (χ0n) is 22.9. The summed E-state index contributed by atoms with van der Waals surface area (Å²) in [5.74, 6) is -3.19. The number of hydrogen-bond acceptors (Lipinski definition) is 6. The molecule has 2 aliphatic heterocycles. The number of nitrogens with one attached hydrogen (secondary N) is 2. The van der Waals surface area contributed by atoms with Crippen LogP contribution in [0.15, 0.2) is 48.1 Å². The molecular formula is C28H34F4N4O4S. The maximum atomic E-state index is 13.7. The largest absolute Gasteiger partial charge is 0.395 e. The van der Waals surface area contributed by atoms with Gasteiger partial charge in [0.1, 0.15) is 5.25 Å². The minimum Gasteiger partial charge on any atom is -0.395 e. The highest BCUT2D eigenvalue weighted by Crippen LogP contribution is 2.34. The molecule has 2 saturated heterocycles.